The maximum atomic E-state index is 13.2. The molecular formula is C20H20FN3O4. The van der Waals surface area contributed by atoms with E-state index >= 15 is 0 Å². The second kappa shape index (κ2) is 8.16. The molecule has 28 heavy (non-hydrogen) atoms. The van der Waals surface area contributed by atoms with E-state index in [2.05, 4.69) is 15.5 Å². The van der Waals surface area contributed by atoms with Crippen LogP contribution in [0.4, 0.5) is 4.39 Å². The van der Waals surface area contributed by atoms with E-state index in [4.69, 9.17) is 9.26 Å². The van der Waals surface area contributed by atoms with Gasteiger partial charge in [-0.2, -0.15) is 0 Å². The highest BCUT2D eigenvalue weighted by Crippen LogP contribution is 2.27. The van der Waals surface area contributed by atoms with Gasteiger partial charge in [-0.25, -0.2) is 14.2 Å². The molecule has 0 spiro atoms. The number of ether oxygens (including phenoxy) is 1. The van der Waals surface area contributed by atoms with Gasteiger partial charge in [0.25, 0.3) is 11.6 Å². The van der Waals surface area contributed by atoms with Gasteiger partial charge in [0.15, 0.2) is 6.61 Å². The summed E-state index contributed by atoms with van der Waals surface area (Å²) in [5.74, 6) is -1.17. The van der Waals surface area contributed by atoms with Crippen LogP contribution in [-0.2, 0) is 9.53 Å². The average molecular weight is 385 g/mol. The normalized spacial score (nSPS) is 11.0. The zero-order valence-corrected chi connectivity index (χ0v) is 15.8. The number of carbonyl (C=O) groups excluding carboxylic acids is 2. The van der Waals surface area contributed by atoms with E-state index in [0.717, 1.165) is 0 Å². The minimum atomic E-state index is -0.693. The van der Waals surface area contributed by atoms with Crippen LogP contribution in [-0.4, -0.2) is 35.2 Å². The molecule has 7 nitrogen and oxygen atoms in total. The van der Waals surface area contributed by atoms with Crippen LogP contribution in [0.1, 0.15) is 29.9 Å². The molecule has 1 aromatic carbocycles. The highest BCUT2D eigenvalue weighted by atomic mass is 19.1. The van der Waals surface area contributed by atoms with Crippen LogP contribution in [0.2, 0.25) is 0 Å². The average Bonchev–Trinajstić information content (AvgIpc) is 3.05. The minimum absolute atomic E-state index is 0.163. The molecule has 2 heterocycles. The first-order valence-corrected chi connectivity index (χ1v) is 8.82. The highest BCUT2D eigenvalue weighted by Gasteiger charge is 2.21. The largest absolute Gasteiger partial charge is 0.452 e. The smallest absolute Gasteiger partial charge is 0.339 e. The molecule has 0 bridgehead atoms. The lowest BCUT2D eigenvalue weighted by Crippen LogP contribution is -2.31. The number of aromatic nitrogens is 2. The van der Waals surface area contributed by atoms with Crippen molar-refractivity contribution in [1.29, 1.82) is 0 Å². The zero-order chi connectivity index (χ0) is 20.3. The maximum Gasteiger partial charge on any atom is 0.339 e. The quantitative estimate of drug-likeness (QED) is 0.655. The summed E-state index contributed by atoms with van der Waals surface area (Å²) in [6.07, 6.45) is 0. The van der Waals surface area contributed by atoms with Gasteiger partial charge in [0.05, 0.1) is 22.3 Å². The topological polar surface area (TPSA) is 94.3 Å². The Bertz CT molecular complexity index is 1010. The maximum absolute atomic E-state index is 13.2. The van der Waals surface area contributed by atoms with Crippen molar-refractivity contribution in [3.8, 4) is 11.3 Å². The van der Waals surface area contributed by atoms with Gasteiger partial charge in [-0.3, -0.25) is 4.79 Å². The Balaban J connectivity index is 1.88. The molecule has 0 saturated heterocycles. The number of hydrogen-bond donors (Lipinski definition) is 1. The fourth-order valence-electron chi connectivity index (χ4n) is 2.60. The van der Waals surface area contributed by atoms with Crippen molar-refractivity contribution in [2.45, 2.75) is 20.8 Å². The molecule has 0 saturated carbocycles. The molecule has 146 valence electrons. The number of fused-ring (bicyclic) bond motifs is 1. The summed E-state index contributed by atoms with van der Waals surface area (Å²) < 4.78 is 23.5. The van der Waals surface area contributed by atoms with Gasteiger partial charge in [0.1, 0.15) is 5.82 Å². The highest BCUT2D eigenvalue weighted by molar-refractivity contribution is 6.04. The zero-order valence-electron chi connectivity index (χ0n) is 15.8. The Morgan fingerprint density at radius 2 is 1.96 bits per heavy atom. The Morgan fingerprint density at radius 3 is 2.64 bits per heavy atom. The number of pyridine rings is 1. The lowest BCUT2D eigenvalue weighted by Gasteiger charge is -2.09. The van der Waals surface area contributed by atoms with Crippen molar-refractivity contribution in [3.63, 3.8) is 0 Å². The fourth-order valence-corrected chi connectivity index (χ4v) is 2.60. The van der Waals surface area contributed by atoms with Crippen LogP contribution in [0, 0.1) is 18.7 Å². The first-order valence-electron chi connectivity index (χ1n) is 8.82. The summed E-state index contributed by atoms with van der Waals surface area (Å²) in [5, 5.41) is 6.94. The van der Waals surface area contributed by atoms with Gasteiger partial charge in [-0.1, -0.05) is 19.0 Å². The molecule has 0 radical (unpaired) electrons. The van der Waals surface area contributed by atoms with Crippen molar-refractivity contribution in [1.82, 2.24) is 15.5 Å². The predicted molar refractivity (Wildman–Crippen MR) is 100 cm³/mol. The molecule has 1 N–H and O–H groups in total. The molecule has 0 fully saturated rings. The first-order chi connectivity index (χ1) is 13.3. The standard InChI is InChI=1S/C20H20FN3O4/c1-11(2)9-22-17(25)10-27-20(26)15-8-16(13-4-6-14(21)7-5-13)23-19-18(15)12(3)24-28-19/h4-8,11H,9-10H2,1-3H3,(H,22,25). The summed E-state index contributed by atoms with van der Waals surface area (Å²) in [6, 6.07) is 7.20. The second-order valence-corrected chi connectivity index (χ2v) is 6.78. The Hall–Kier alpha value is -3.29. The summed E-state index contributed by atoms with van der Waals surface area (Å²) in [5.41, 5.74) is 1.82. The van der Waals surface area contributed by atoms with Crippen molar-refractivity contribution < 1.29 is 23.2 Å². The molecular weight excluding hydrogens is 365 g/mol. The van der Waals surface area contributed by atoms with Gasteiger partial charge < -0.3 is 14.6 Å². The summed E-state index contributed by atoms with van der Waals surface area (Å²) in [6.45, 7) is 5.70. The monoisotopic (exact) mass is 385 g/mol. The fraction of sp³-hybridized carbons (Fsp3) is 0.300. The van der Waals surface area contributed by atoms with E-state index in [9.17, 15) is 14.0 Å². The van der Waals surface area contributed by atoms with Gasteiger partial charge in [0.2, 0.25) is 0 Å². The number of nitrogens with one attached hydrogen (secondary N) is 1. The Kier molecular flexibility index (Phi) is 5.67. The van der Waals surface area contributed by atoms with Crippen molar-refractivity contribution in [3.05, 3.63) is 47.4 Å². The molecule has 0 aliphatic heterocycles. The van der Waals surface area contributed by atoms with Crippen LogP contribution in [0.5, 0.6) is 0 Å². The number of hydrogen-bond acceptors (Lipinski definition) is 6. The lowest BCUT2D eigenvalue weighted by atomic mass is 10.1. The van der Waals surface area contributed by atoms with Gasteiger partial charge in [-0.15, -0.1) is 0 Å². The van der Waals surface area contributed by atoms with Crippen LogP contribution in [0.25, 0.3) is 22.4 Å². The Morgan fingerprint density at radius 1 is 1.25 bits per heavy atom. The third-order valence-electron chi connectivity index (χ3n) is 4.02. The van der Waals surface area contributed by atoms with Crippen molar-refractivity contribution >= 4 is 23.0 Å². The van der Waals surface area contributed by atoms with Crippen LogP contribution < -0.4 is 5.32 Å². The van der Waals surface area contributed by atoms with Crippen LogP contribution >= 0.6 is 0 Å². The van der Waals surface area contributed by atoms with E-state index in [1.54, 1.807) is 19.1 Å². The number of benzene rings is 1. The van der Waals surface area contributed by atoms with Crippen LogP contribution in [0.3, 0.4) is 0 Å². The Labute approximate surface area is 160 Å². The third kappa shape index (κ3) is 4.33. The second-order valence-electron chi connectivity index (χ2n) is 6.78. The number of halogens is 1. The number of nitrogens with zero attached hydrogens (tertiary/aromatic N) is 2. The number of carbonyl (C=O) groups is 2. The van der Waals surface area contributed by atoms with E-state index < -0.39 is 12.6 Å². The molecule has 2 aromatic heterocycles. The van der Waals surface area contributed by atoms with Crippen LogP contribution in [0.15, 0.2) is 34.9 Å². The SMILES string of the molecule is Cc1noc2nc(-c3ccc(F)cc3)cc(C(=O)OCC(=O)NCC(C)C)c12. The number of esters is 1. The lowest BCUT2D eigenvalue weighted by molar-refractivity contribution is -0.124. The van der Waals surface area contributed by atoms with Crippen molar-refractivity contribution in [2.75, 3.05) is 13.2 Å². The number of amides is 1. The molecule has 0 aliphatic carbocycles. The number of aryl methyl sites for hydroxylation is 1. The third-order valence-corrected chi connectivity index (χ3v) is 4.02. The van der Waals surface area contributed by atoms with Gasteiger partial charge in [0, 0.05) is 12.1 Å². The van der Waals surface area contributed by atoms with Gasteiger partial charge >= 0.3 is 5.97 Å². The van der Waals surface area contributed by atoms with E-state index in [-0.39, 0.29) is 28.9 Å². The molecule has 0 aliphatic rings. The first kappa shape index (κ1) is 19.5. The minimum Gasteiger partial charge on any atom is -0.452 e. The summed E-state index contributed by atoms with van der Waals surface area (Å²) in [4.78, 5) is 28.8. The van der Waals surface area contributed by atoms with Gasteiger partial charge in [-0.05, 0) is 43.2 Å². The molecule has 3 aromatic rings. The molecule has 1 amide bonds. The predicted octanol–water partition coefficient (Wildman–Crippen LogP) is 3.27. The van der Waals surface area contributed by atoms with E-state index in [1.165, 1.54) is 18.2 Å². The summed E-state index contributed by atoms with van der Waals surface area (Å²) in [7, 11) is 0. The molecule has 3 rings (SSSR count). The molecule has 0 unspecified atom stereocenters. The van der Waals surface area contributed by atoms with E-state index in [1.807, 2.05) is 13.8 Å². The summed E-state index contributed by atoms with van der Waals surface area (Å²) >= 11 is 0. The molecule has 0 atom stereocenters. The van der Waals surface area contributed by atoms with Crippen molar-refractivity contribution in [2.24, 2.45) is 5.92 Å². The number of rotatable bonds is 6. The van der Waals surface area contributed by atoms with E-state index in [0.29, 0.717) is 28.9 Å². The molecule has 8 heteroatoms.